The van der Waals surface area contributed by atoms with E-state index in [4.69, 9.17) is 10.5 Å². The maximum absolute atomic E-state index is 12.3. The molecule has 0 aliphatic rings. The van der Waals surface area contributed by atoms with Crippen molar-refractivity contribution in [3.63, 3.8) is 0 Å². The number of rotatable bonds is 7. The quantitative estimate of drug-likeness (QED) is 0.594. The van der Waals surface area contributed by atoms with Gasteiger partial charge in [0.2, 0.25) is 10.0 Å². The van der Waals surface area contributed by atoms with Crippen LogP contribution in [0.3, 0.4) is 0 Å². The topological polar surface area (TPSA) is 72.6 Å². The van der Waals surface area contributed by atoms with Gasteiger partial charge in [0.25, 0.3) is 0 Å². The highest BCUT2D eigenvalue weighted by molar-refractivity contribution is 7.89. The largest absolute Gasteiger partial charge is 0.399 e. The first kappa shape index (κ1) is 14.7. The maximum atomic E-state index is 12.3. The number of nitrogen functional groups attached to an aromatic ring is 1. The Hall–Kier alpha value is -1.37. The van der Waals surface area contributed by atoms with Crippen LogP contribution in [0, 0.1) is 0 Å². The molecule has 0 bridgehead atoms. The molecule has 1 aromatic carbocycles. The third-order valence-corrected chi connectivity index (χ3v) is 4.23. The number of nitrogens with two attached hydrogens (primary N) is 1. The number of hydrogen-bond donors (Lipinski definition) is 1. The fourth-order valence-electron chi connectivity index (χ4n) is 1.47. The van der Waals surface area contributed by atoms with Crippen LogP contribution in [0.1, 0.15) is 0 Å². The van der Waals surface area contributed by atoms with Gasteiger partial charge in [0.15, 0.2) is 0 Å². The second kappa shape index (κ2) is 6.53. The molecule has 0 atom stereocenters. The van der Waals surface area contributed by atoms with Gasteiger partial charge in [0.1, 0.15) is 0 Å². The fraction of sp³-hybridized carbons (Fsp3) is 0.333. The zero-order valence-corrected chi connectivity index (χ0v) is 11.2. The zero-order chi connectivity index (χ0) is 13.6. The smallest absolute Gasteiger partial charge is 0.243 e. The first-order valence-corrected chi connectivity index (χ1v) is 6.92. The van der Waals surface area contributed by atoms with Gasteiger partial charge in [-0.1, -0.05) is 12.1 Å². The molecule has 2 N–H and O–H groups in total. The lowest BCUT2D eigenvalue weighted by Gasteiger charge is -2.20. The lowest BCUT2D eigenvalue weighted by atomic mass is 10.3. The minimum atomic E-state index is -3.56. The molecule has 1 aromatic rings. The van der Waals surface area contributed by atoms with Gasteiger partial charge in [0.05, 0.1) is 11.5 Å². The average molecular weight is 270 g/mol. The van der Waals surface area contributed by atoms with Crippen LogP contribution in [0.25, 0.3) is 0 Å². The summed E-state index contributed by atoms with van der Waals surface area (Å²) < 4.78 is 30.9. The van der Waals surface area contributed by atoms with Crippen molar-refractivity contribution >= 4 is 15.7 Å². The third-order valence-electron chi connectivity index (χ3n) is 2.37. The molecule has 0 heterocycles. The summed E-state index contributed by atoms with van der Waals surface area (Å²) in [5.74, 6) is 0. The van der Waals surface area contributed by atoms with Crippen LogP contribution < -0.4 is 5.73 Å². The van der Waals surface area contributed by atoms with Crippen molar-refractivity contribution in [2.45, 2.75) is 4.90 Å². The lowest BCUT2D eigenvalue weighted by molar-refractivity contribution is 0.182. The monoisotopic (exact) mass is 270 g/mol. The Labute approximate surface area is 108 Å². The number of benzene rings is 1. The lowest BCUT2D eigenvalue weighted by Crippen LogP contribution is -2.34. The first-order valence-electron chi connectivity index (χ1n) is 5.48. The number of nitrogens with zero attached hydrogens (tertiary/aromatic N) is 1. The van der Waals surface area contributed by atoms with Crippen LogP contribution in [0.2, 0.25) is 0 Å². The Morgan fingerprint density at radius 2 is 2.22 bits per heavy atom. The van der Waals surface area contributed by atoms with Crippen LogP contribution >= 0.6 is 0 Å². The minimum Gasteiger partial charge on any atom is -0.399 e. The van der Waals surface area contributed by atoms with Gasteiger partial charge in [-0.15, -0.1) is 6.58 Å². The highest BCUT2D eigenvalue weighted by atomic mass is 32.2. The molecule has 6 heteroatoms. The summed E-state index contributed by atoms with van der Waals surface area (Å²) >= 11 is 0. The summed E-state index contributed by atoms with van der Waals surface area (Å²) in [6.07, 6.45) is 1.54. The molecule has 0 aromatic heterocycles. The normalized spacial score (nSPS) is 11.7. The molecule has 0 unspecified atom stereocenters. The van der Waals surface area contributed by atoms with Crippen molar-refractivity contribution in [3.05, 3.63) is 36.9 Å². The molecule has 0 saturated heterocycles. The molecular weight excluding hydrogens is 252 g/mol. The van der Waals surface area contributed by atoms with Crippen molar-refractivity contribution in [1.82, 2.24) is 4.31 Å². The standard InChI is InChI=1S/C12H18N2O3S/c1-3-7-14(8-9-17-2)18(15,16)12-6-4-5-11(13)10-12/h3-6,10H,1,7-9,13H2,2H3. The Morgan fingerprint density at radius 3 is 2.78 bits per heavy atom. The summed E-state index contributed by atoms with van der Waals surface area (Å²) in [5, 5.41) is 0. The van der Waals surface area contributed by atoms with E-state index >= 15 is 0 Å². The number of sulfonamides is 1. The molecule has 5 nitrogen and oxygen atoms in total. The van der Waals surface area contributed by atoms with E-state index in [-0.39, 0.29) is 18.0 Å². The summed E-state index contributed by atoms with van der Waals surface area (Å²) in [4.78, 5) is 0.181. The molecule has 18 heavy (non-hydrogen) atoms. The molecule has 0 radical (unpaired) electrons. The Bertz CT molecular complexity index is 500. The summed E-state index contributed by atoms with van der Waals surface area (Å²) in [5.41, 5.74) is 6.02. The number of ether oxygens (including phenoxy) is 1. The molecule has 0 amide bonds. The molecule has 0 spiro atoms. The predicted octanol–water partition coefficient (Wildman–Crippen LogP) is 1.09. The fourth-order valence-corrected chi connectivity index (χ4v) is 2.92. The van der Waals surface area contributed by atoms with Gasteiger partial charge < -0.3 is 10.5 Å². The molecule has 100 valence electrons. The average Bonchev–Trinajstić information content (AvgIpc) is 2.34. The van der Waals surface area contributed by atoms with Gasteiger partial charge in [-0.3, -0.25) is 0 Å². The van der Waals surface area contributed by atoms with E-state index in [1.165, 1.54) is 23.5 Å². The van der Waals surface area contributed by atoms with E-state index in [1.807, 2.05) is 0 Å². The second-order valence-corrected chi connectivity index (χ2v) is 5.65. The predicted molar refractivity (Wildman–Crippen MR) is 71.7 cm³/mol. The van der Waals surface area contributed by atoms with E-state index in [1.54, 1.807) is 18.2 Å². The molecule has 0 aliphatic carbocycles. The second-order valence-electron chi connectivity index (χ2n) is 3.72. The molecule has 0 aliphatic heterocycles. The van der Waals surface area contributed by atoms with Crippen LogP contribution in [0.15, 0.2) is 41.8 Å². The first-order chi connectivity index (χ1) is 8.52. The van der Waals surface area contributed by atoms with Gasteiger partial charge in [-0.2, -0.15) is 4.31 Å². The molecular formula is C12H18N2O3S. The van der Waals surface area contributed by atoms with E-state index in [2.05, 4.69) is 6.58 Å². The Balaban J connectivity index is 3.04. The van der Waals surface area contributed by atoms with Crippen molar-refractivity contribution in [3.8, 4) is 0 Å². The maximum Gasteiger partial charge on any atom is 0.243 e. The molecule has 0 fully saturated rings. The third kappa shape index (κ3) is 3.56. The zero-order valence-electron chi connectivity index (χ0n) is 10.4. The SMILES string of the molecule is C=CCN(CCOC)S(=O)(=O)c1cccc(N)c1. The summed E-state index contributed by atoms with van der Waals surface area (Å²) in [6.45, 7) is 4.40. The highest BCUT2D eigenvalue weighted by Gasteiger charge is 2.23. The number of anilines is 1. The highest BCUT2D eigenvalue weighted by Crippen LogP contribution is 2.17. The van der Waals surface area contributed by atoms with Crippen LogP contribution in [0.5, 0.6) is 0 Å². The Morgan fingerprint density at radius 1 is 1.50 bits per heavy atom. The minimum absolute atomic E-state index is 0.181. The van der Waals surface area contributed by atoms with Crippen molar-refractivity contribution < 1.29 is 13.2 Å². The van der Waals surface area contributed by atoms with E-state index < -0.39 is 10.0 Å². The van der Waals surface area contributed by atoms with Gasteiger partial charge in [-0.25, -0.2) is 8.42 Å². The van der Waals surface area contributed by atoms with Gasteiger partial charge in [-0.05, 0) is 18.2 Å². The Kier molecular flexibility index (Phi) is 5.33. The van der Waals surface area contributed by atoms with Crippen LogP contribution in [-0.4, -0.2) is 39.5 Å². The molecule has 1 rings (SSSR count). The molecule has 0 saturated carbocycles. The van der Waals surface area contributed by atoms with E-state index in [0.717, 1.165) is 0 Å². The van der Waals surface area contributed by atoms with E-state index in [0.29, 0.717) is 12.3 Å². The van der Waals surface area contributed by atoms with Crippen LogP contribution in [0.4, 0.5) is 5.69 Å². The van der Waals surface area contributed by atoms with Crippen molar-refractivity contribution in [2.24, 2.45) is 0 Å². The summed E-state index contributed by atoms with van der Waals surface area (Å²) in [7, 11) is -2.03. The number of hydrogen-bond acceptors (Lipinski definition) is 4. The van der Waals surface area contributed by atoms with E-state index in [9.17, 15) is 8.42 Å². The summed E-state index contributed by atoms with van der Waals surface area (Å²) in [6, 6.07) is 6.23. The van der Waals surface area contributed by atoms with Crippen molar-refractivity contribution in [2.75, 3.05) is 32.5 Å². The number of methoxy groups -OCH3 is 1. The van der Waals surface area contributed by atoms with Crippen molar-refractivity contribution in [1.29, 1.82) is 0 Å². The van der Waals surface area contributed by atoms with Gasteiger partial charge >= 0.3 is 0 Å². The van der Waals surface area contributed by atoms with Crippen LogP contribution in [-0.2, 0) is 14.8 Å². The van der Waals surface area contributed by atoms with Gasteiger partial charge in [0, 0.05) is 25.9 Å².